The summed E-state index contributed by atoms with van der Waals surface area (Å²) in [6.45, 7) is 5.89. The largest absolute Gasteiger partial charge is 0.275 e. The lowest BCUT2D eigenvalue weighted by Gasteiger charge is -2.33. The van der Waals surface area contributed by atoms with Crippen LogP contribution in [0.15, 0.2) is 6.20 Å². The van der Waals surface area contributed by atoms with Gasteiger partial charge in [-0.15, -0.1) is 0 Å². The monoisotopic (exact) mass is 313 g/mol. The van der Waals surface area contributed by atoms with E-state index in [-0.39, 0.29) is 17.2 Å². The first-order valence-electron chi connectivity index (χ1n) is 7.71. The molecule has 6 heteroatoms. The molecule has 0 aliphatic heterocycles. The molecule has 1 aliphatic rings. The predicted octanol–water partition coefficient (Wildman–Crippen LogP) is 2.68. The highest BCUT2D eigenvalue weighted by atomic mass is 32.2. The molecule has 1 fully saturated rings. The topological polar surface area (TPSA) is 64.0 Å². The molecule has 0 radical (unpaired) electrons. The molecule has 5 nitrogen and oxygen atoms in total. The molecule has 2 rings (SSSR count). The molecule has 1 aromatic rings. The van der Waals surface area contributed by atoms with Crippen molar-refractivity contribution in [1.29, 1.82) is 0 Å². The van der Waals surface area contributed by atoms with Gasteiger partial charge in [0.1, 0.15) is 0 Å². The molecule has 0 amide bonds. The molecule has 1 unspecified atom stereocenters. The van der Waals surface area contributed by atoms with Crippen molar-refractivity contribution in [1.82, 2.24) is 14.5 Å². The van der Waals surface area contributed by atoms with Crippen molar-refractivity contribution in [2.24, 2.45) is 12.5 Å². The second kappa shape index (κ2) is 6.08. The van der Waals surface area contributed by atoms with Crippen LogP contribution < -0.4 is 4.72 Å². The van der Waals surface area contributed by atoms with Gasteiger partial charge in [-0.3, -0.25) is 4.68 Å². The van der Waals surface area contributed by atoms with E-state index < -0.39 is 10.0 Å². The summed E-state index contributed by atoms with van der Waals surface area (Å²) in [4.78, 5) is 0. The Morgan fingerprint density at radius 1 is 1.38 bits per heavy atom. The smallest absolute Gasteiger partial charge is 0.212 e. The number of nitrogens with zero attached hydrogens (tertiary/aromatic N) is 2. The van der Waals surface area contributed by atoms with Crippen molar-refractivity contribution in [2.45, 2.75) is 58.9 Å². The number of sulfonamides is 1. The Morgan fingerprint density at radius 3 is 2.52 bits per heavy atom. The molecule has 21 heavy (non-hydrogen) atoms. The van der Waals surface area contributed by atoms with Crippen molar-refractivity contribution >= 4 is 10.0 Å². The van der Waals surface area contributed by atoms with E-state index in [9.17, 15) is 8.42 Å². The van der Waals surface area contributed by atoms with Gasteiger partial charge in [-0.05, 0) is 32.1 Å². The van der Waals surface area contributed by atoms with Crippen LogP contribution in [0.4, 0.5) is 0 Å². The van der Waals surface area contributed by atoms with Crippen molar-refractivity contribution < 1.29 is 8.42 Å². The highest BCUT2D eigenvalue weighted by Crippen LogP contribution is 2.37. The first-order valence-corrected chi connectivity index (χ1v) is 9.36. The number of rotatable bonds is 5. The zero-order chi connectivity index (χ0) is 15.7. The molecule has 1 aromatic heterocycles. The standard InChI is InChI=1S/C15H27N3O2S/c1-12-14(10-18(4)16-12)13(2)17-21(19,20)11-15(3)8-6-5-7-9-15/h10,13,17H,5-9,11H2,1-4H3. The third kappa shape index (κ3) is 4.30. The molecule has 0 aromatic carbocycles. The fraction of sp³-hybridized carbons (Fsp3) is 0.800. The van der Waals surface area contributed by atoms with Gasteiger partial charge in [-0.25, -0.2) is 13.1 Å². The molecular formula is C15H27N3O2S. The van der Waals surface area contributed by atoms with Gasteiger partial charge < -0.3 is 0 Å². The van der Waals surface area contributed by atoms with Gasteiger partial charge >= 0.3 is 0 Å². The minimum atomic E-state index is -3.28. The predicted molar refractivity (Wildman–Crippen MR) is 84.5 cm³/mol. The quantitative estimate of drug-likeness (QED) is 0.909. The van der Waals surface area contributed by atoms with E-state index in [1.54, 1.807) is 4.68 Å². The van der Waals surface area contributed by atoms with E-state index in [0.29, 0.717) is 0 Å². The van der Waals surface area contributed by atoms with Crippen LogP contribution >= 0.6 is 0 Å². The molecule has 1 aliphatic carbocycles. The maximum absolute atomic E-state index is 12.5. The van der Waals surface area contributed by atoms with Crippen LogP contribution in [0.2, 0.25) is 0 Å². The third-order valence-corrected chi connectivity index (χ3v) is 6.26. The lowest BCUT2D eigenvalue weighted by Crippen LogP contribution is -2.37. The first-order chi connectivity index (χ1) is 9.71. The van der Waals surface area contributed by atoms with Gasteiger partial charge in [0.15, 0.2) is 0 Å². The highest BCUT2D eigenvalue weighted by Gasteiger charge is 2.33. The van der Waals surface area contributed by atoms with Crippen LogP contribution in [-0.4, -0.2) is 24.0 Å². The fourth-order valence-corrected chi connectivity index (χ4v) is 5.38. The van der Waals surface area contributed by atoms with E-state index in [0.717, 1.165) is 36.9 Å². The molecule has 1 N–H and O–H groups in total. The maximum Gasteiger partial charge on any atom is 0.212 e. The van der Waals surface area contributed by atoms with Crippen molar-refractivity contribution in [3.8, 4) is 0 Å². The second-order valence-corrected chi connectivity index (χ2v) is 8.57. The Kier molecular flexibility index (Phi) is 4.78. The Morgan fingerprint density at radius 2 is 2.00 bits per heavy atom. The summed E-state index contributed by atoms with van der Waals surface area (Å²) < 4.78 is 29.5. The van der Waals surface area contributed by atoms with Crippen LogP contribution in [0, 0.1) is 12.3 Å². The maximum atomic E-state index is 12.5. The Bertz CT molecular complexity index is 586. The molecule has 1 heterocycles. The van der Waals surface area contributed by atoms with E-state index in [4.69, 9.17) is 0 Å². The van der Waals surface area contributed by atoms with Crippen LogP contribution in [0.5, 0.6) is 0 Å². The zero-order valence-corrected chi connectivity index (χ0v) is 14.3. The van der Waals surface area contributed by atoms with Crippen LogP contribution in [-0.2, 0) is 17.1 Å². The first kappa shape index (κ1) is 16.5. The molecule has 0 saturated heterocycles. The van der Waals surface area contributed by atoms with Crippen LogP contribution in [0.1, 0.15) is 63.3 Å². The van der Waals surface area contributed by atoms with Crippen molar-refractivity contribution in [3.05, 3.63) is 17.5 Å². The summed E-state index contributed by atoms with van der Waals surface area (Å²) in [5, 5.41) is 4.27. The number of aromatic nitrogens is 2. The number of hydrogen-bond acceptors (Lipinski definition) is 3. The zero-order valence-electron chi connectivity index (χ0n) is 13.5. The summed E-state index contributed by atoms with van der Waals surface area (Å²) in [5.41, 5.74) is 1.74. The third-order valence-electron chi connectivity index (χ3n) is 4.47. The number of aryl methyl sites for hydroxylation is 2. The Hall–Kier alpha value is -0.880. The van der Waals surface area contributed by atoms with Crippen molar-refractivity contribution in [3.63, 3.8) is 0 Å². The van der Waals surface area contributed by atoms with E-state index in [1.807, 2.05) is 27.1 Å². The van der Waals surface area contributed by atoms with Crippen molar-refractivity contribution in [2.75, 3.05) is 5.75 Å². The van der Waals surface area contributed by atoms with Gasteiger partial charge in [-0.2, -0.15) is 5.10 Å². The second-order valence-electron chi connectivity index (χ2n) is 6.81. The van der Waals surface area contributed by atoms with E-state index >= 15 is 0 Å². The molecular weight excluding hydrogens is 286 g/mol. The average molecular weight is 313 g/mol. The van der Waals surface area contributed by atoms with Gasteiger partial charge in [0.05, 0.1) is 11.4 Å². The minimum Gasteiger partial charge on any atom is -0.275 e. The molecule has 0 bridgehead atoms. The Labute approximate surface area is 128 Å². The highest BCUT2D eigenvalue weighted by molar-refractivity contribution is 7.89. The summed E-state index contributed by atoms with van der Waals surface area (Å²) >= 11 is 0. The molecule has 120 valence electrons. The minimum absolute atomic E-state index is 0.0756. The average Bonchev–Trinajstić information content (AvgIpc) is 2.67. The lowest BCUT2D eigenvalue weighted by molar-refractivity contribution is 0.246. The van der Waals surface area contributed by atoms with Crippen LogP contribution in [0.3, 0.4) is 0 Å². The summed E-state index contributed by atoms with van der Waals surface area (Å²) in [5.74, 6) is 0.226. The van der Waals surface area contributed by atoms with Gasteiger partial charge in [0.25, 0.3) is 0 Å². The summed E-state index contributed by atoms with van der Waals surface area (Å²) in [7, 11) is -1.43. The lowest BCUT2D eigenvalue weighted by atomic mass is 9.77. The van der Waals surface area contributed by atoms with E-state index in [2.05, 4.69) is 16.7 Å². The molecule has 1 atom stereocenters. The number of hydrogen-bond donors (Lipinski definition) is 1. The van der Waals surface area contributed by atoms with Gasteiger partial charge in [0, 0.05) is 24.8 Å². The fourth-order valence-electron chi connectivity index (χ4n) is 3.43. The Balaban J connectivity index is 2.05. The molecule has 0 spiro atoms. The number of nitrogens with one attached hydrogen (secondary N) is 1. The normalized spacial score (nSPS) is 20.4. The van der Waals surface area contributed by atoms with Gasteiger partial charge in [0.2, 0.25) is 10.0 Å². The molecule has 1 saturated carbocycles. The summed E-state index contributed by atoms with van der Waals surface area (Å²) in [6, 6.07) is -0.240. The SMILES string of the molecule is Cc1nn(C)cc1C(C)NS(=O)(=O)CC1(C)CCCCC1. The summed E-state index contributed by atoms with van der Waals surface area (Å²) in [6.07, 6.45) is 7.41. The van der Waals surface area contributed by atoms with Gasteiger partial charge in [-0.1, -0.05) is 26.2 Å². The van der Waals surface area contributed by atoms with E-state index in [1.165, 1.54) is 6.42 Å². The van der Waals surface area contributed by atoms with Crippen LogP contribution in [0.25, 0.3) is 0 Å².